The van der Waals surface area contributed by atoms with Gasteiger partial charge in [-0.3, -0.25) is 4.57 Å². The molecule has 7 heteroatoms. The zero-order chi connectivity index (χ0) is 20.2. The van der Waals surface area contributed by atoms with Crippen molar-refractivity contribution in [3.05, 3.63) is 90.0 Å². The summed E-state index contributed by atoms with van der Waals surface area (Å²) >= 11 is 1.22. The molecule has 4 nitrogen and oxygen atoms in total. The number of hydrogen-bond acceptors (Lipinski definition) is 4. The van der Waals surface area contributed by atoms with Gasteiger partial charge < -0.3 is 4.74 Å². The van der Waals surface area contributed by atoms with Crippen LogP contribution in [0.25, 0.3) is 17.1 Å². The van der Waals surface area contributed by atoms with Crippen LogP contribution in [0, 0.1) is 11.6 Å². The third kappa shape index (κ3) is 3.86. The summed E-state index contributed by atoms with van der Waals surface area (Å²) in [5, 5.41) is 9.17. The number of rotatable bonds is 6. The average Bonchev–Trinajstić information content (AvgIpc) is 3.17. The lowest BCUT2D eigenvalue weighted by molar-refractivity contribution is 0.416. The summed E-state index contributed by atoms with van der Waals surface area (Å²) in [5.41, 5.74) is 1.63. The van der Waals surface area contributed by atoms with E-state index in [-0.39, 0.29) is 11.3 Å². The molecule has 0 spiro atoms. The molecule has 0 N–H and O–H groups in total. The van der Waals surface area contributed by atoms with Crippen LogP contribution in [-0.4, -0.2) is 21.9 Å². The first-order chi connectivity index (χ1) is 14.2. The van der Waals surface area contributed by atoms with Gasteiger partial charge in [0.25, 0.3) is 0 Å². The van der Waals surface area contributed by atoms with Gasteiger partial charge in [-0.15, -0.1) is 10.2 Å². The minimum Gasteiger partial charge on any atom is -0.496 e. The van der Waals surface area contributed by atoms with E-state index in [4.69, 9.17) is 4.74 Å². The number of methoxy groups -OCH3 is 1. The van der Waals surface area contributed by atoms with Gasteiger partial charge in [0.05, 0.1) is 12.7 Å². The third-order valence-corrected chi connectivity index (χ3v) is 5.36. The molecule has 3 aromatic carbocycles. The fraction of sp³-hybridized carbons (Fsp3) is 0.0909. The highest BCUT2D eigenvalue weighted by Crippen LogP contribution is 2.34. The molecule has 0 bridgehead atoms. The van der Waals surface area contributed by atoms with Crippen LogP contribution >= 0.6 is 11.8 Å². The normalized spacial score (nSPS) is 10.9. The number of thioether (sulfide) groups is 1. The first kappa shape index (κ1) is 19.1. The standard InChI is InChI=1S/C22H17F2N3OS/c1-28-20-13-6-5-10-16(20)21-25-26-22(27(21)15-8-3-2-4-9-15)29-14-17-18(23)11-7-12-19(17)24/h2-13H,14H2,1H3. The predicted molar refractivity (Wildman–Crippen MR) is 109 cm³/mol. The van der Waals surface area contributed by atoms with Crippen LogP contribution in [0.5, 0.6) is 5.75 Å². The van der Waals surface area contributed by atoms with Crippen LogP contribution in [0.4, 0.5) is 8.78 Å². The van der Waals surface area contributed by atoms with Crippen molar-refractivity contribution in [1.29, 1.82) is 0 Å². The Morgan fingerprint density at radius 1 is 0.862 bits per heavy atom. The molecular formula is C22H17F2N3OS. The lowest BCUT2D eigenvalue weighted by Crippen LogP contribution is -2.01. The van der Waals surface area contributed by atoms with E-state index in [0.29, 0.717) is 16.7 Å². The Morgan fingerprint density at radius 2 is 1.55 bits per heavy atom. The minimum absolute atomic E-state index is 0.0129. The maximum atomic E-state index is 14.0. The van der Waals surface area contributed by atoms with Crippen molar-refractivity contribution in [2.45, 2.75) is 10.9 Å². The van der Waals surface area contributed by atoms with Gasteiger partial charge >= 0.3 is 0 Å². The maximum absolute atomic E-state index is 14.0. The second-order valence-electron chi connectivity index (χ2n) is 6.17. The van der Waals surface area contributed by atoms with Gasteiger partial charge in [-0.1, -0.05) is 48.2 Å². The van der Waals surface area contributed by atoms with Crippen LogP contribution in [-0.2, 0) is 5.75 Å². The molecule has 0 radical (unpaired) electrons. The molecule has 0 aliphatic heterocycles. The van der Waals surface area contributed by atoms with Crippen molar-refractivity contribution in [1.82, 2.24) is 14.8 Å². The van der Waals surface area contributed by atoms with E-state index in [1.165, 1.54) is 30.0 Å². The number of aromatic nitrogens is 3. The van der Waals surface area contributed by atoms with Gasteiger partial charge in [-0.2, -0.15) is 0 Å². The van der Waals surface area contributed by atoms with Gasteiger partial charge in [0.1, 0.15) is 17.4 Å². The second kappa shape index (κ2) is 8.45. The monoisotopic (exact) mass is 409 g/mol. The van der Waals surface area contributed by atoms with Crippen molar-refractivity contribution in [3.63, 3.8) is 0 Å². The van der Waals surface area contributed by atoms with Crippen LogP contribution in [0.1, 0.15) is 5.56 Å². The molecule has 0 aliphatic rings. The lowest BCUT2D eigenvalue weighted by Gasteiger charge is -2.12. The Morgan fingerprint density at radius 3 is 2.28 bits per heavy atom. The van der Waals surface area contributed by atoms with E-state index in [1.54, 1.807) is 7.11 Å². The molecule has 4 aromatic rings. The highest BCUT2D eigenvalue weighted by Gasteiger charge is 2.20. The number of para-hydroxylation sites is 2. The summed E-state index contributed by atoms with van der Waals surface area (Å²) in [6, 6.07) is 21.0. The lowest BCUT2D eigenvalue weighted by atomic mass is 10.2. The van der Waals surface area contributed by atoms with Crippen molar-refractivity contribution >= 4 is 11.8 Å². The first-order valence-electron chi connectivity index (χ1n) is 8.89. The number of hydrogen-bond donors (Lipinski definition) is 0. The molecule has 0 saturated carbocycles. The molecule has 4 rings (SSSR count). The van der Waals surface area contributed by atoms with Crippen LogP contribution in [0.15, 0.2) is 78.0 Å². The Hall–Kier alpha value is -3.19. The fourth-order valence-electron chi connectivity index (χ4n) is 2.98. The molecule has 1 heterocycles. The number of benzene rings is 3. The summed E-state index contributed by atoms with van der Waals surface area (Å²) in [4.78, 5) is 0. The van der Waals surface area contributed by atoms with E-state index in [2.05, 4.69) is 10.2 Å². The Bertz CT molecular complexity index is 1110. The average molecular weight is 409 g/mol. The summed E-state index contributed by atoms with van der Waals surface area (Å²) in [7, 11) is 1.60. The van der Waals surface area contributed by atoms with Crippen molar-refractivity contribution in [2.75, 3.05) is 7.11 Å². The highest BCUT2D eigenvalue weighted by atomic mass is 32.2. The smallest absolute Gasteiger partial charge is 0.196 e. The number of halogens is 2. The van der Waals surface area contributed by atoms with Crippen LogP contribution in [0.3, 0.4) is 0 Å². The highest BCUT2D eigenvalue weighted by molar-refractivity contribution is 7.98. The molecular weight excluding hydrogens is 392 g/mol. The topological polar surface area (TPSA) is 39.9 Å². The molecule has 0 saturated heterocycles. The molecule has 29 heavy (non-hydrogen) atoms. The summed E-state index contributed by atoms with van der Waals surface area (Å²) in [6.07, 6.45) is 0. The van der Waals surface area contributed by atoms with E-state index in [9.17, 15) is 8.78 Å². The molecule has 0 atom stereocenters. The summed E-state index contributed by atoms with van der Waals surface area (Å²) in [5.74, 6) is 0.190. The molecule has 0 fully saturated rings. The summed E-state index contributed by atoms with van der Waals surface area (Å²) in [6.45, 7) is 0. The maximum Gasteiger partial charge on any atom is 0.196 e. The number of ether oxygens (including phenoxy) is 1. The van der Waals surface area contributed by atoms with E-state index >= 15 is 0 Å². The van der Waals surface area contributed by atoms with Crippen molar-refractivity contribution in [2.24, 2.45) is 0 Å². The van der Waals surface area contributed by atoms with Crippen molar-refractivity contribution in [3.8, 4) is 22.8 Å². The van der Waals surface area contributed by atoms with Gasteiger partial charge in [0, 0.05) is 17.0 Å². The first-order valence-corrected chi connectivity index (χ1v) is 9.87. The molecule has 0 unspecified atom stereocenters. The minimum atomic E-state index is -0.576. The zero-order valence-corrected chi connectivity index (χ0v) is 16.4. The van der Waals surface area contributed by atoms with E-state index in [0.717, 1.165) is 11.3 Å². The van der Waals surface area contributed by atoms with Gasteiger partial charge in [0.15, 0.2) is 11.0 Å². The largest absolute Gasteiger partial charge is 0.496 e. The van der Waals surface area contributed by atoms with Crippen molar-refractivity contribution < 1.29 is 13.5 Å². The second-order valence-corrected chi connectivity index (χ2v) is 7.11. The van der Waals surface area contributed by atoms with E-state index < -0.39 is 11.6 Å². The fourth-order valence-corrected chi connectivity index (χ4v) is 3.95. The van der Waals surface area contributed by atoms with E-state index in [1.807, 2.05) is 59.2 Å². The molecule has 146 valence electrons. The SMILES string of the molecule is COc1ccccc1-c1nnc(SCc2c(F)cccc2F)n1-c1ccccc1. The zero-order valence-electron chi connectivity index (χ0n) is 15.5. The molecule has 0 amide bonds. The quantitative estimate of drug-likeness (QED) is 0.394. The molecule has 0 aliphatic carbocycles. The predicted octanol–water partition coefficient (Wildman–Crippen LogP) is 5.51. The van der Waals surface area contributed by atoms with Gasteiger partial charge in [-0.05, 0) is 36.4 Å². The van der Waals surface area contributed by atoms with Crippen LogP contribution in [0.2, 0.25) is 0 Å². The van der Waals surface area contributed by atoms with Gasteiger partial charge in [-0.25, -0.2) is 8.78 Å². The summed E-state index contributed by atoms with van der Waals surface area (Å²) < 4.78 is 35.4. The van der Waals surface area contributed by atoms with Gasteiger partial charge in [0.2, 0.25) is 0 Å². The Labute approximate surface area is 171 Å². The Kier molecular flexibility index (Phi) is 5.57. The Balaban J connectivity index is 1.78. The molecule has 1 aromatic heterocycles. The van der Waals surface area contributed by atoms with Crippen LogP contribution < -0.4 is 4.74 Å². The third-order valence-electron chi connectivity index (χ3n) is 4.40. The number of nitrogens with zero attached hydrogens (tertiary/aromatic N) is 3.